The lowest BCUT2D eigenvalue weighted by atomic mass is 9.93. The lowest BCUT2D eigenvalue weighted by Gasteiger charge is -2.39. The molecule has 0 aromatic heterocycles. The van der Waals surface area contributed by atoms with Crippen LogP contribution in [0.4, 0.5) is 9.18 Å². The predicted octanol–water partition coefficient (Wildman–Crippen LogP) is 3.83. The molecule has 0 bridgehead atoms. The van der Waals surface area contributed by atoms with Crippen molar-refractivity contribution in [2.45, 2.75) is 58.3 Å². The second-order valence-corrected chi connectivity index (χ2v) is 7.00. The molecule has 0 radical (unpaired) electrons. The van der Waals surface area contributed by atoms with E-state index in [9.17, 15) is 14.0 Å². The molecule has 1 aromatic carbocycles. The number of halogens is 1. The standard InChI is InChI=1S/C18H24FNO4/c1-12(21)23-15-9-10-20(17(22)24-18(2,3)4)16(11-15)13-5-7-14(19)8-6-13/h5-8,15-16H,9-11H2,1-4H3. The minimum atomic E-state index is -0.600. The van der Waals surface area contributed by atoms with E-state index < -0.39 is 11.7 Å². The van der Waals surface area contributed by atoms with Crippen molar-refractivity contribution < 1.29 is 23.5 Å². The second kappa shape index (κ2) is 7.20. The Hall–Kier alpha value is -2.11. The maximum atomic E-state index is 13.2. The van der Waals surface area contributed by atoms with Gasteiger partial charge in [0.1, 0.15) is 17.5 Å². The minimum absolute atomic E-state index is 0.267. The number of carbonyl (C=O) groups is 2. The normalized spacial score (nSPS) is 21.3. The van der Waals surface area contributed by atoms with Crippen LogP contribution in [0, 0.1) is 5.82 Å². The third kappa shape index (κ3) is 4.94. The predicted molar refractivity (Wildman–Crippen MR) is 86.9 cm³/mol. The second-order valence-electron chi connectivity index (χ2n) is 7.00. The maximum absolute atomic E-state index is 13.2. The molecule has 1 aliphatic heterocycles. The monoisotopic (exact) mass is 337 g/mol. The van der Waals surface area contributed by atoms with Crippen LogP contribution in [-0.4, -0.2) is 35.2 Å². The van der Waals surface area contributed by atoms with Gasteiger partial charge in [0.2, 0.25) is 0 Å². The number of carbonyl (C=O) groups excluding carboxylic acids is 2. The molecule has 1 saturated heterocycles. The lowest BCUT2D eigenvalue weighted by molar-refractivity contribution is -0.149. The highest BCUT2D eigenvalue weighted by Gasteiger charge is 2.36. The molecule has 0 N–H and O–H groups in total. The number of esters is 1. The van der Waals surface area contributed by atoms with E-state index in [-0.39, 0.29) is 23.9 Å². The summed E-state index contributed by atoms with van der Waals surface area (Å²) < 4.78 is 24.0. The van der Waals surface area contributed by atoms with Crippen molar-refractivity contribution in [1.29, 1.82) is 0 Å². The van der Waals surface area contributed by atoms with Crippen LogP contribution in [0.5, 0.6) is 0 Å². The number of nitrogens with zero attached hydrogens (tertiary/aromatic N) is 1. The first-order chi connectivity index (χ1) is 11.2. The Morgan fingerprint density at radius 2 is 1.83 bits per heavy atom. The SMILES string of the molecule is CC(=O)OC1CCN(C(=O)OC(C)(C)C)C(c2ccc(F)cc2)C1. The van der Waals surface area contributed by atoms with Gasteiger partial charge in [-0.2, -0.15) is 0 Å². The van der Waals surface area contributed by atoms with Crippen LogP contribution in [0.25, 0.3) is 0 Å². The Morgan fingerprint density at radius 1 is 1.21 bits per heavy atom. The van der Waals surface area contributed by atoms with Crippen LogP contribution < -0.4 is 0 Å². The molecular weight excluding hydrogens is 313 g/mol. The molecule has 0 spiro atoms. The number of hydrogen-bond donors (Lipinski definition) is 0. The van der Waals surface area contributed by atoms with Crippen molar-refractivity contribution >= 4 is 12.1 Å². The Morgan fingerprint density at radius 3 is 2.38 bits per heavy atom. The highest BCUT2D eigenvalue weighted by molar-refractivity contribution is 5.69. The minimum Gasteiger partial charge on any atom is -0.462 e. The first kappa shape index (κ1) is 18.2. The first-order valence-corrected chi connectivity index (χ1v) is 8.08. The fraction of sp³-hybridized carbons (Fsp3) is 0.556. The van der Waals surface area contributed by atoms with E-state index >= 15 is 0 Å². The molecule has 1 fully saturated rings. The summed E-state index contributed by atoms with van der Waals surface area (Å²) in [6.07, 6.45) is 0.329. The Labute approximate surface area is 141 Å². The van der Waals surface area contributed by atoms with Crippen LogP contribution in [0.2, 0.25) is 0 Å². The van der Waals surface area contributed by atoms with Crippen molar-refractivity contribution in [3.05, 3.63) is 35.6 Å². The van der Waals surface area contributed by atoms with Gasteiger partial charge in [0.05, 0.1) is 6.04 Å². The van der Waals surface area contributed by atoms with Crippen LogP contribution >= 0.6 is 0 Å². The summed E-state index contributed by atoms with van der Waals surface area (Å²) in [5.74, 6) is -0.682. The molecule has 2 unspecified atom stereocenters. The maximum Gasteiger partial charge on any atom is 0.410 e. The molecule has 5 nitrogen and oxygen atoms in total. The Balaban J connectivity index is 2.22. The van der Waals surface area contributed by atoms with Gasteiger partial charge in [-0.3, -0.25) is 4.79 Å². The quantitative estimate of drug-likeness (QED) is 0.770. The van der Waals surface area contributed by atoms with E-state index in [4.69, 9.17) is 9.47 Å². The average molecular weight is 337 g/mol. The molecule has 1 heterocycles. The van der Waals surface area contributed by atoms with Gasteiger partial charge in [0.15, 0.2) is 0 Å². The number of rotatable bonds is 2. The Bertz CT molecular complexity index is 594. The number of ether oxygens (including phenoxy) is 2. The van der Waals surface area contributed by atoms with Crippen molar-refractivity contribution in [2.75, 3.05) is 6.54 Å². The van der Waals surface area contributed by atoms with Crippen LogP contribution in [0.15, 0.2) is 24.3 Å². The largest absolute Gasteiger partial charge is 0.462 e. The summed E-state index contributed by atoms with van der Waals surface area (Å²) in [4.78, 5) is 25.4. The van der Waals surface area contributed by atoms with E-state index in [2.05, 4.69) is 0 Å². The summed E-state index contributed by atoms with van der Waals surface area (Å²) in [5.41, 5.74) is 0.191. The van der Waals surface area contributed by atoms with Gasteiger partial charge in [-0.15, -0.1) is 0 Å². The molecule has 2 rings (SSSR count). The van der Waals surface area contributed by atoms with Gasteiger partial charge in [-0.25, -0.2) is 9.18 Å². The zero-order chi connectivity index (χ0) is 17.9. The fourth-order valence-electron chi connectivity index (χ4n) is 2.81. The third-order valence-electron chi connectivity index (χ3n) is 3.77. The summed E-state index contributed by atoms with van der Waals surface area (Å²) in [5, 5.41) is 0. The summed E-state index contributed by atoms with van der Waals surface area (Å²) in [6, 6.07) is 5.69. The highest BCUT2D eigenvalue weighted by Crippen LogP contribution is 2.33. The number of amides is 1. The summed E-state index contributed by atoms with van der Waals surface area (Å²) in [7, 11) is 0. The highest BCUT2D eigenvalue weighted by atomic mass is 19.1. The smallest absolute Gasteiger partial charge is 0.410 e. The molecule has 6 heteroatoms. The molecule has 0 saturated carbocycles. The lowest BCUT2D eigenvalue weighted by Crippen LogP contribution is -2.45. The van der Waals surface area contributed by atoms with Gasteiger partial charge >= 0.3 is 12.1 Å². The van der Waals surface area contributed by atoms with E-state index in [0.717, 1.165) is 5.56 Å². The average Bonchev–Trinajstić information content (AvgIpc) is 2.45. The van der Waals surface area contributed by atoms with Crippen molar-refractivity contribution in [2.24, 2.45) is 0 Å². The van der Waals surface area contributed by atoms with Crippen LogP contribution in [0.1, 0.15) is 52.1 Å². The zero-order valence-corrected chi connectivity index (χ0v) is 14.5. The van der Waals surface area contributed by atoms with E-state index in [1.807, 2.05) is 20.8 Å². The van der Waals surface area contributed by atoms with Gasteiger partial charge < -0.3 is 14.4 Å². The number of benzene rings is 1. The molecule has 2 atom stereocenters. The van der Waals surface area contributed by atoms with Crippen molar-refractivity contribution in [3.63, 3.8) is 0 Å². The van der Waals surface area contributed by atoms with Crippen molar-refractivity contribution in [1.82, 2.24) is 4.90 Å². The van der Waals surface area contributed by atoms with Gasteiger partial charge in [0.25, 0.3) is 0 Å². The van der Waals surface area contributed by atoms with Crippen LogP contribution in [0.3, 0.4) is 0 Å². The number of hydrogen-bond acceptors (Lipinski definition) is 4. The van der Waals surface area contributed by atoms with Gasteiger partial charge in [-0.1, -0.05) is 12.1 Å². The fourth-order valence-corrected chi connectivity index (χ4v) is 2.81. The Kier molecular flexibility index (Phi) is 5.47. The molecule has 132 valence electrons. The zero-order valence-electron chi connectivity index (χ0n) is 14.5. The van der Waals surface area contributed by atoms with E-state index in [1.165, 1.54) is 19.1 Å². The molecule has 1 aliphatic rings. The topological polar surface area (TPSA) is 55.8 Å². The van der Waals surface area contributed by atoms with Gasteiger partial charge in [-0.05, 0) is 38.5 Å². The molecule has 1 amide bonds. The molecular formula is C18H24FNO4. The van der Waals surface area contributed by atoms with Gasteiger partial charge in [0, 0.05) is 26.3 Å². The van der Waals surface area contributed by atoms with E-state index in [0.29, 0.717) is 19.4 Å². The van der Waals surface area contributed by atoms with Crippen molar-refractivity contribution in [3.8, 4) is 0 Å². The molecule has 1 aromatic rings. The number of piperidine rings is 1. The summed E-state index contributed by atoms with van der Waals surface area (Å²) in [6.45, 7) is 7.21. The first-order valence-electron chi connectivity index (χ1n) is 8.08. The van der Waals surface area contributed by atoms with Crippen LogP contribution in [-0.2, 0) is 14.3 Å². The third-order valence-corrected chi connectivity index (χ3v) is 3.77. The molecule has 24 heavy (non-hydrogen) atoms. The summed E-state index contributed by atoms with van der Waals surface area (Å²) >= 11 is 0. The van der Waals surface area contributed by atoms with E-state index in [1.54, 1.807) is 17.0 Å². The molecule has 0 aliphatic carbocycles. The number of likely N-dealkylation sites (tertiary alicyclic amines) is 1.